The van der Waals surface area contributed by atoms with E-state index in [1.54, 1.807) is 17.1 Å². The first-order valence-electron chi connectivity index (χ1n) is 8.10. The number of hydrogen-bond donors (Lipinski definition) is 1. The van der Waals surface area contributed by atoms with E-state index in [4.69, 9.17) is 0 Å². The van der Waals surface area contributed by atoms with E-state index in [0.717, 1.165) is 16.8 Å². The van der Waals surface area contributed by atoms with E-state index in [0.29, 0.717) is 0 Å². The average molecular weight is 343 g/mol. The molecule has 1 aromatic heterocycles. The van der Waals surface area contributed by atoms with Gasteiger partial charge in [-0.1, -0.05) is 42.5 Å². The summed E-state index contributed by atoms with van der Waals surface area (Å²) in [6, 6.07) is 18.7. The molecule has 0 bridgehead atoms. The molecule has 1 unspecified atom stereocenters. The van der Waals surface area contributed by atoms with Crippen molar-refractivity contribution in [2.75, 3.05) is 0 Å². The zero-order valence-corrected chi connectivity index (χ0v) is 14.2. The molecule has 3 rings (SSSR count). The van der Waals surface area contributed by atoms with Crippen molar-refractivity contribution in [3.05, 3.63) is 84.0 Å². The van der Waals surface area contributed by atoms with Gasteiger partial charge >= 0.3 is 0 Å². The highest BCUT2D eigenvalue weighted by atomic mass is 16.1. The van der Waals surface area contributed by atoms with Crippen molar-refractivity contribution in [3.63, 3.8) is 0 Å². The first-order chi connectivity index (χ1) is 12.7. The lowest BCUT2D eigenvalue weighted by atomic mass is 10.1. The molecular weight excluding hydrogens is 326 g/mol. The van der Waals surface area contributed by atoms with E-state index in [-0.39, 0.29) is 11.6 Å². The maximum Gasteiger partial charge on any atom is 0.262 e. The van der Waals surface area contributed by atoms with Crippen molar-refractivity contribution in [1.82, 2.24) is 20.1 Å². The summed E-state index contributed by atoms with van der Waals surface area (Å²) < 4.78 is 1.63. The van der Waals surface area contributed by atoms with E-state index < -0.39 is 5.91 Å². The highest BCUT2D eigenvalue weighted by molar-refractivity contribution is 6.01. The number of aromatic nitrogens is 3. The predicted octanol–water partition coefficient (Wildman–Crippen LogP) is 3.05. The molecule has 1 atom stereocenters. The van der Waals surface area contributed by atoms with Gasteiger partial charge in [-0.05, 0) is 36.3 Å². The Kier molecular flexibility index (Phi) is 5.20. The summed E-state index contributed by atoms with van der Waals surface area (Å²) in [7, 11) is 0. The van der Waals surface area contributed by atoms with Gasteiger partial charge in [-0.2, -0.15) is 10.4 Å². The molecule has 1 heterocycles. The standard InChI is InChI=1S/C20H17N5O/c1-15(17-5-3-2-4-6-17)24-20(26)18(12-21)11-16-7-9-19(10-8-16)25-14-22-13-23-25/h2-11,13-15H,1H3,(H,24,26)/b18-11-. The number of nitriles is 1. The van der Waals surface area contributed by atoms with E-state index in [9.17, 15) is 10.1 Å². The van der Waals surface area contributed by atoms with Crippen molar-refractivity contribution in [2.24, 2.45) is 0 Å². The van der Waals surface area contributed by atoms with Gasteiger partial charge in [0, 0.05) is 0 Å². The van der Waals surface area contributed by atoms with Gasteiger partial charge in [-0.3, -0.25) is 4.79 Å². The molecule has 1 N–H and O–H groups in total. The van der Waals surface area contributed by atoms with Gasteiger partial charge in [-0.25, -0.2) is 9.67 Å². The minimum atomic E-state index is -0.399. The fourth-order valence-electron chi connectivity index (χ4n) is 2.48. The van der Waals surface area contributed by atoms with Crippen LogP contribution in [0.25, 0.3) is 11.8 Å². The quantitative estimate of drug-likeness (QED) is 0.570. The van der Waals surface area contributed by atoms with Crippen LogP contribution in [0.3, 0.4) is 0 Å². The average Bonchev–Trinajstić information content (AvgIpc) is 3.22. The summed E-state index contributed by atoms with van der Waals surface area (Å²) in [5.41, 5.74) is 2.64. The normalized spacial score (nSPS) is 12.2. The van der Waals surface area contributed by atoms with Crippen LogP contribution in [0.15, 0.2) is 72.8 Å². The SMILES string of the molecule is CC(NC(=O)/C(C#N)=C\c1ccc(-n2cncn2)cc1)c1ccccc1. The van der Waals surface area contributed by atoms with E-state index in [1.165, 1.54) is 6.33 Å². The zero-order chi connectivity index (χ0) is 18.4. The summed E-state index contributed by atoms with van der Waals surface area (Å²) in [5, 5.41) is 16.3. The monoisotopic (exact) mass is 343 g/mol. The molecule has 0 radical (unpaired) electrons. The Hall–Kier alpha value is -3.72. The van der Waals surface area contributed by atoms with Gasteiger partial charge in [0.05, 0.1) is 11.7 Å². The van der Waals surface area contributed by atoms with Crippen molar-refractivity contribution >= 4 is 12.0 Å². The zero-order valence-electron chi connectivity index (χ0n) is 14.2. The number of nitrogens with zero attached hydrogens (tertiary/aromatic N) is 4. The van der Waals surface area contributed by atoms with Crippen molar-refractivity contribution < 1.29 is 4.79 Å². The number of amides is 1. The van der Waals surface area contributed by atoms with Gasteiger partial charge in [0.2, 0.25) is 0 Å². The molecule has 128 valence electrons. The maximum absolute atomic E-state index is 12.4. The number of rotatable bonds is 5. The second-order valence-corrected chi connectivity index (χ2v) is 5.71. The van der Waals surface area contributed by atoms with Gasteiger partial charge in [0.25, 0.3) is 5.91 Å². The largest absolute Gasteiger partial charge is 0.345 e. The lowest BCUT2D eigenvalue weighted by molar-refractivity contribution is -0.117. The lowest BCUT2D eigenvalue weighted by Crippen LogP contribution is -2.27. The third kappa shape index (κ3) is 4.02. The van der Waals surface area contributed by atoms with E-state index in [1.807, 2.05) is 67.6 Å². The van der Waals surface area contributed by atoms with Crippen LogP contribution >= 0.6 is 0 Å². The Balaban J connectivity index is 1.73. The third-order valence-corrected chi connectivity index (χ3v) is 3.90. The first kappa shape index (κ1) is 17.1. The van der Waals surface area contributed by atoms with E-state index >= 15 is 0 Å². The number of hydrogen-bond acceptors (Lipinski definition) is 4. The molecule has 0 saturated carbocycles. The second-order valence-electron chi connectivity index (χ2n) is 5.71. The van der Waals surface area contributed by atoms with Crippen LogP contribution in [0.1, 0.15) is 24.1 Å². The molecule has 6 heteroatoms. The van der Waals surface area contributed by atoms with Gasteiger partial charge in [0.15, 0.2) is 0 Å². The molecule has 3 aromatic rings. The molecule has 1 amide bonds. The lowest BCUT2D eigenvalue weighted by Gasteiger charge is -2.13. The molecular formula is C20H17N5O. The summed E-state index contributed by atoms with van der Waals surface area (Å²) in [4.78, 5) is 16.3. The maximum atomic E-state index is 12.4. The fraction of sp³-hybridized carbons (Fsp3) is 0.100. The highest BCUT2D eigenvalue weighted by Crippen LogP contribution is 2.14. The Labute approximate surface area is 151 Å². The Morgan fingerprint density at radius 2 is 1.92 bits per heavy atom. The first-order valence-corrected chi connectivity index (χ1v) is 8.10. The Morgan fingerprint density at radius 1 is 1.19 bits per heavy atom. The van der Waals surface area contributed by atoms with Crippen LogP contribution in [0.2, 0.25) is 0 Å². The van der Waals surface area contributed by atoms with Crippen molar-refractivity contribution in [3.8, 4) is 11.8 Å². The number of nitrogens with one attached hydrogen (secondary N) is 1. The van der Waals surface area contributed by atoms with Crippen molar-refractivity contribution in [1.29, 1.82) is 5.26 Å². The number of benzene rings is 2. The molecule has 0 fully saturated rings. The van der Waals surface area contributed by atoms with Crippen LogP contribution in [0, 0.1) is 11.3 Å². The molecule has 6 nitrogen and oxygen atoms in total. The molecule has 0 aliphatic carbocycles. The smallest absolute Gasteiger partial charge is 0.262 e. The van der Waals surface area contributed by atoms with Gasteiger partial charge in [0.1, 0.15) is 24.3 Å². The third-order valence-electron chi connectivity index (χ3n) is 3.90. The molecule has 26 heavy (non-hydrogen) atoms. The number of carbonyl (C=O) groups excluding carboxylic acids is 1. The van der Waals surface area contributed by atoms with Crippen LogP contribution in [-0.4, -0.2) is 20.7 Å². The predicted molar refractivity (Wildman–Crippen MR) is 97.9 cm³/mol. The molecule has 2 aromatic carbocycles. The Bertz CT molecular complexity index is 938. The summed E-state index contributed by atoms with van der Waals surface area (Å²) in [6.45, 7) is 1.88. The number of carbonyl (C=O) groups is 1. The topological polar surface area (TPSA) is 83.6 Å². The van der Waals surface area contributed by atoms with Crippen LogP contribution in [0.4, 0.5) is 0 Å². The minimum Gasteiger partial charge on any atom is -0.345 e. The van der Waals surface area contributed by atoms with Gasteiger partial charge in [-0.15, -0.1) is 0 Å². The van der Waals surface area contributed by atoms with Crippen molar-refractivity contribution in [2.45, 2.75) is 13.0 Å². The second kappa shape index (κ2) is 7.90. The molecule has 0 aliphatic rings. The Morgan fingerprint density at radius 3 is 2.54 bits per heavy atom. The summed E-state index contributed by atoms with van der Waals surface area (Å²) >= 11 is 0. The summed E-state index contributed by atoms with van der Waals surface area (Å²) in [5.74, 6) is -0.399. The van der Waals surface area contributed by atoms with Gasteiger partial charge < -0.3 is 5.32 Å². The minimum absolute atomic E-state index is 0.0567. The van der Waals surface area contributed by atoms with Crippen LogP contribution in [-0.2, 0) is 4.79 Å². The molecule has 0 spiro atoms. The fourth-order valence-corrected chi connectivity index (χ4v) is 2.48. The van der Waals surface area contributed by atoms with E-state index in [2.05, 4.69) is 15.4 Å². The van der Waals surface area contributed by atoms with Crippen LogP contribution < -0.4 is 5.32 Å². The molecule has 0 aliphatic heterocycles. The highest BCUT2D eigenvalue weighted by Gasteiger charge is 2.13. The summed E-state index contributed by atoms with van der Waals surface area (Å²) in [6.07, 6.45) is 4.63. The molecule has 0 saturated heterocycles. The van der Waals surface area contributed by atoms with Crippen LogP contribution in [0.5, 0.6) is 0 Å².